The summed E-state index contributed by atoms with van der Waals surface area (Å²) >= 11 is 6.99. The lowest BCUT2D eigenvalue weighted by Gasteiger charge is -2.16. The van der Waals surface area contributed by atoms with Gasteiger partial charge in [0.1, 0.15) is 5.75 Å². The first kappa shape index (κ1) is 13.2. The van der Waals surface area contributed by atoms with Crippen molar-refractivity contribution in [3.63, 3.8) is 0 Å². The summed E-state index contributed by atoms with van der Waals surface area (Å²) in [6.45, 7) is 0.742. The fourth-order valence-electron chi connectivity index (χ4n) is 2.38. The van der Waals surface area contributed by atoms with E-state index in [0.29, 0.717) is 0 Å². The zero-order valence-corrected chi connectivity index (χ0v) is 13.4. The molecule has 0 fully saturated rings. The van der Waals surface area contributed by atoms with Gasteiger partial charge >= 0.3 is 0 Å². The highest BCUT2D eigenvalue weighted by molar-refractivity contribution is 9.10. The highest BCUT2D eigenvalue weighted by Crippen LogP contribution is 2.37. The molecule has 19 heavy (non-hydrogen) atoms. The summed E-state index contributed by atoms with van der Waals surface area (Å²) in [6.07, 6.45) is 0.953. The summed E-state index contributed by atoms with van der Waals surface area (Å²) in [5.74, 6) is 0.957. The average molecular weight is 383 g/mol. The zero-order chi connectivity index (χ0) is 13.4. The molecule has 2 aromatic carbocycles. The van der Waals surface area contributed by atoms with Crippen LogP contribution < -0.4 is 10.5 Å². The summed E-state index contributed by atoms with van der Waals surface area (Å²) in [7, 11) is 0. The molecule has 4 heteroatoms. The van der Waals surface area contributed by atoms with Crippen LogP contribution in [0.3, 0.4) is 0 Å². The van der Waals surface area contributed by atoms with Crippen molar-refractivity contribution in [2.24, 2.45) is 5.73 Å². The van der Waals surface area contributed by atoms with Gasteiger partial charge in [0.05, 0.1) is 12.6 Å². The summed E-state index contributed by atoms with van der Waals surface area (Å²) in [5.41, 5.74) is 9.75. The van der Waals surface area contributed by atoms with Gasteiger partial charge in [-0.1, -0.05) is 44.0 Å². The van der Waals surface area contributed by atoms with Crippen LogP contribution >= 0.6 is 31.9 Å². The first-order valence-electron chi connectivity index (χ1n) is 6.11. The largest absolute Gasteiger partial charge is 0.493 e. The van der Waals surface area contributed by atoms with Gasteiger partial charge in [-0.25, -0.2) is 0 Å². The molecule has 0 saturated carbocycles. The second-order valence-corrected chi connectivity index (χ2v) is 6.44. The lowest BCUT2D eigenvalue weighted by molar-refractivity contribution is 0.352. The van der Waals surface area contributed by atoms with Crippen LogP contribution in [-0.2, 0) is 6.42 Å². The van der Waals surface area contributed by atoms with Gasteiger partial charge in [0.25, 0.3) is 0 Å². The van der Waals surface area contributed by atoms with Crippen LogP contribution in [0.25, 0.3) is 0 Å². The van der Waals surface area contributed by atoms with E-state index in [1.165, 1.54) is 5.56 Å². The highest BCUT2D eigenvalue weighted by atomic mass is 79.9. The topological polar surface area (TPSA) is 35.2 Å². The summed E-state index contributed by atoms with van der Waals surface area (Å²) in [4.78, 5) is 0. The number of hydrogen-bond acceptors (Lipinski definition) is 2. The monoisotopic (exact) mass is 381 g/mol. The van der Waals surface area contributed by atoms with Crippen LogP contribution in [0.15, 0.2) is 45.3 Å². The first-order valence-corrected chi connectivity index (χ1v) is 7.70. The first-order chi connectivity index (χ1) is 9.15. The van der Waals surface area contributed by atoms with Crippen molar-refractivity contribution in [3.8, 4) is 5.75 Å². The number of nitrogens with two attached hydrogens (primary N) is 1. The predicted octanol–water partition coefficient (Wildman–Crippen LogP) is 4.19. The lowest BCUT2D eigenvalue weighted by atomic mass is 9.97. The number of hydrogen-bond donors (Lipinski definition) is 1. The average Bonchev–Trinajstić information content (AvgIpc) is 2.85. The molecule has 1 aliphatic heterocycles. The third-order valence-electron chi connectivity index (χ3n) is 3.34. The molecule has 1 unspecified atom stereocenters. The highest BCUT2D eigenvalue weighted by Gasteiger charge is 2.22. The number of rotatable bonds is 2. The Morgan fingerprint density at radius 1 is 1.05 bits per heavy atom. The second kappa shape index (κ2) is 5.27. The smallest absolute Gasteiger partial charge is 0.127 e. The van der Waals surface area contributed by atoms with Crippen LogP contribution in [0.4, 0.5) is 0 Å². The Morgan fingerprint density at radius 3 is 2.53 bits per heavy atom. The molecule has 1 atom stereocenters. The van der Waals surface area contributed by atoms with Gasteiger partial charge in [0.15, 0.2) is 0 Å². The van der Waals surface area contributed by atoms with Gasteiger partial charge < -0.3 is 10.5 Å². The molecule has 0 bridgehead atoms. The number of benzene rings is 2. The van der Waals surface area contributed by atoms with E-state index in [1.54, 1.807) is 0 Å². The molecule has 0 amide bonds. The van der Waals surface area contributed by atoms with Crippen LogP contribution in [0.2, 0.25) is 0 Å². The molecule has 3 rings (SSSR count). The maximum atomic E-state index is 6.39. The van der Waals surface area contributed by atoms with Gasteiger partial charge in [-0.05, 0) is 35.4 Å². The number of halogens is 2. The summed E-state index contributed by atoms with van der Waals surface area (Å²) < 4.78 is 7.85. The predicted molar refractivity (Wildman–Crippen MR) is 83.5 cm³/mol. The van der Waals surface area contributed by atoms with E-state index in [2.05, 4.69) is 44.0 Å². The molecule has 1 aliphatic rings. The Hall–Kier alpha value is -0.840. The maximum absolute atomic E-state index is 6.39. The minimum atomic E-state index is -0.169. The molecule has 0 aliphatic carbocycles. The van der Waals surface area contributed by atoms with Crippen molar-refractivity contribution in [3.05, 3.63) is 62.0 Å². The van der Waals surface area contributed by atoms with Crippen molar-refractivity contribution in [1.29, 1.82) is 0 Å². The van der Waals surface area contributed by atoms with E-state index < -0.39 is 0 Å². The minimum Gasteiger partial charge on any atom is -0.493 e. The van der Waals surface area contributed by atoms with Crippen LogP contribution in [-0.4, -0.2) is 6.61 Å². The van der Waals surface area contributed by atoms with Crippen molar-refractivity contribution in [1.82, 2.24) is 0 Å². The Morgan fingerprint density at radius 2 is 1.79 bits per heavy atom. The molecule has 2 nitrogen and oxygen atoms in total. The summed E-state index contributed by atoms with van der Waals surface area (Å²) in [6, 6.07) is 12.1. The second-order valence-electron chi connectivity index (χ2n) is 4.61. The third kappa shape index (κ3) is 2.57. The third-order valence-corrected chi connectivity index (χ3v) is 4.33. The Kier molecular flexibility index (Phi) is 3.65. The molecular weight excluding hydrogens is 370 g/mol. The van der Waals surface area contributed by atoms with Gasteiger partial charge in [0, 0.05) is 20.9 Å². The number of fused-ring (bicyclic) bond motifs is 1. The molecule has 0 aromatic heterocycles. The van der Waals surface area contributed by atoms with E-state index in [0.717, 1.165) is 38.8 Å². The van der Waals surface area contributed by atoms with Gasteiger partial charge in [-0.3, -0.25) is 0 Å². The maximum Gasteiger partial charge on any atom is 0.127 e. The fourth-order valence-corrected chi connectivity index (χ4v) is 3.17. The van der Waals surface area contributed by atoms with Crippen LogP contribution in [0.1, 0.15) is 22.7 Å². The molecule has 0 spiro atoms. The minimum absolute atomic E-state index is 0.169. The molecule has 1 heterocycles. The lowest BCUT2D eigenvalue weighted by Crippen LogP contribution is -2.13. The zero-order valence-electron chi connectivity index (χ0n) is 10.2. The van der Waals surface area contributed by atoms with E-state index in [-0.39, 0.29) is 6.04 Å². The van der Waals surface area contributed by atoms with E-state index in [9.17, 15) is 0 Å². The SMILES string of the molecule is NC(c1ccc(Br)cc1)c1cc(Br)cc2c1OCC2. The normalized spacial score (nSPS) is 14.9. The van der Waals surface area contributed by atoms with Gasteiger partial charge in [-0.15, -0.1) is 0 Å². The van der Waals surface area contributed by atoms with E-state index in [4.69, 9.17) is 10.5 Å². The molecule has 0 saturated heterocycles. The van der Waals surface area contributed by atoms with Gasteiger partial charge in [-0.2, -0.15) is 0 Å². The standard InChI is InChI=1S/C15H13Br2NO/c16-11-3-1-9(2-4-11)14(18)13-8-12(17)7-10-5-6-19-15(10)13/h1-4,7-8,14H,5-6,18H2. The molecule has 2 aromatic rings. The Labute approximate surface area is 129 Å². The molecule has 0 radical (unpaired) electrons. The number of ether oxygens (including phenoxy) is 1. The van der Waals surface area contributed by atoms with Crippen molar-refractivity contribution in [2.75, 3.05) is 6.61 Å². The van der Waals surface area contributed by atoms with Crippen LogP contribution in [0.5, 0.6) is 5.75 Å². The van der Waals surface area contributed by atoms with Crippen molar-refractivity contribution < 1.29 is 4.74 Å². The van der Waals surface area contributed by atoms with Gasteiger partial charge in [0.2, 0.25) is 0 Å². The molecular formula is C15H13Br2NO. The Bertz CT molecular complexity index is 610. The van der Waals surface area contributed by atoms with E-state index >= 15 is 0 Å². The van der Waals surface area contributed by atoms with Crippen LogP contribution in [0, 0.1) is 0 Å². The van der Waals surface area contributed by atoms with Crippen molar-refractivity contribution >= 4 is 31.9 Å². The quantitative estimate of drug-likeness (QED) is 0.844. The van der Waals surface area contributed by atoms with E-state index in [1.807, 2.05) is 24.3 Å². The molecule has 2 N–H and O–H groups in total. The summed E-state index contributed by atoms with van der Waals surface area (Å²) in [5, 5.41) is 0. The fraction of sp³-hybridized carbons (Fsp3) is 0.200. The Balaban J connectivity index is 2.04. The van der Waals surface area contributed by atoms with Crippen molar-refractivity contribution in [2.45, 2.75) is 12.5 Å². The molecule has 98 valence electrons.